The van der Waals surface area contributed by atoms with Gasteiger partial charge in [-0.05, 0) is 12.1 Å². The third-order valence-corrected chi connectivity index (χ3v) is 2.84. The van der Waals surface area contributed by atoms with Crippen molar-refractivity contribution in [3.63, 3.8) is 0 Å². The van der Waals surface area contributed by atoms with Crippen molar-refractivity contribution in [2.45, 2.75) is 13.0 Å². The summed E-state index contributed by atoms with van der Waals surface area (Å²) in [7, 11) is 1.83. The first-order valence-corrected chi connectivity index (χ1v) is 6.65. The van der Waals surface area contributed by atoms with Crippen molar-refractivity contribution in [2.75, 3.05) is 6.61 Å². The van der Waals surface area contributed by atoms with Crippen molar-refractivity contribution in [3.05, 3.63) is 53.3 Å². The molecule has 108 valence electrons. The standard InChI is InChI=1S/C16H17N3O2/c1-19-12-13(11-18-19)10-17-16(21)15-8-3-2-6-14(15)7-4-5-9-20/h2-3,6,8,11-12,20H,5,9-10H2,1H3,(H,17,21). The van der Waals surface area contributed by atoms with E-state index in [1.165, 1.54) is 0 Å². The van der Waals surface area contributed by atoms with Crippen LogP contribution in [0.4, 0.5) is 0 Å². The first kappa shape index (κ1) is 14.8. The van der Waals surface area contributed by atoms with E-state index < -0.39 is 0 Å². The Labute approximate surface area is 123 Å². The number of hydrogen-bond donors (Lipinski definition) is 2. The molecule has 0 atom stereocenters. The van der Waals surface area contributed by atoms with Crippen LogP contribution in [0.3, 0.4) is 0 Å². The van der Waals surface area contributed by atoms with Crippen molar-refractivity contribution in [1.29, 1.82) is 0 Å². The minimum absolute atomic E-state index is 0.0162. The SMILES string of the molecule is Cn1cc(CNC(=O)c2ccccc2C#CCCO)cn1. The summed E-state index contributed by atoms with van der Waals surface area (Å²) in [6.45, 7) is 0.438. The molecule has 0 saturated carbocycles. The fourth-order valence-corrected chi connectivity index (χ4v) is 1.84. The fraction of sp³-hybridized carbons (Fsp3) is 0.250. The van der Waals surface area contributed by atoms with E-state index in [0.29, 0.717) is 24.1 Å². The number of rotatable bonds is 4. The minimum atomic E-state index is -0.173. The highest BCUT2D eigenvalue weighted by Gasteiger charge is 2.09. The molecule has 0 aliphatic heterocycles. The van der Waals surface area contributed by atoms with E-state index in [1.54, 1.807) is 29.1 Å². The van der Waals surface area contributed by atoms with Crippen LogP contribution in [0.2, 0.25) is 0 Å². The minimum Gasteiger partial charge on any atom is -0.395 e. The van der Waals surface area contributed by atoms with Crippen LogP contribution in [-0.2, 0) is 13.6 Å². The molecular formula is C16H17N3O2. The highest BCUT2D eigenvalue weighted by Crippen LogP contribution is 2.08. The van der Waals surface area contributed by atoms with Gasteiger partial charge in [0.2, 0.25) is 0 Å². The molecule has 0 fully saturated rings. The number of aromatic nitrogens is 2. The Balaban J connectivity index is 2.07. The third-order valence-electron chi connectivity index (χ3n) is 2.84. The first-order chi connectivity index (χ1) is 10.2. The van der Waals surface area contributed by atoms with Gasteiger partial charge in [0, 0.05) is 37.3 Å². The molecular weight excluding hydrogens is 266 g/mol. The van der Waals surface area contributed by atoms with Gasteiger partial charge in [0.05, 0.1) is 18.4 Å². The number of aryl methyl sites for hydroxylation is 1. The average molecular weight is 283 g/mol. The highest BCUT2D eigenvalue weighted by molar-refractivity contribution is 5.96. The maximum atomic E-state index is 12.2. The van der Waals surface area contributed by atoms with E-state index >= 15 is 0 Å². The lowest BCUT2D eigenvalue weighted by atomic mass is 10.1. The lowest BCUT2D eigenvalue weighted by molar-refractivity contribution is 0.0950. The summed E-state index contributed by atoms with van der Waals surface area (Å²) in [5.41, 5.74) is 2.14. The summed E-state index contributed by atoms with van der Waals surface area (Å²) in [6.07, 6.45) is 3.96. The van der Waals surface area contributed by atoms with Gasteiger partial charge in [-0.25, -0.2) is 0 Å². The Morgan fingerprint density at radius 1 is 1.43 bits per heavy atom. The number of carbonyl (C=O) groups excluding carboxylic acids is 1. The summed E-state index contributed by atoms with van der Waals surface area (Å²) in [5.74, 6) is 5.57. The topological polar surface area (TPSA) is 67.2 Å². The second-order valence-electron chi connectivity index (χ2n) is 4.53. The van der Waals surface area contributed by atoms with Crippen LogP contribution < -0.4 is 5.32 Å². The Kier molecular flexibility index (Phi) is 5.13. The van der Waals surface area contributed by atoms with Crippen molar-refractivity contribution >= 4 is 5.91 Å². The molecule has 5 heteroatoms. The molecule has 0 unspecified atom stereocenters. The molecule has 2 rings (SSSR count). The lowest BCUT2D eigenvalue weighted by Crippen LogP contribution is -2.23. The van der Waals surface area contributed by atoms with Gasteiger partial charge in [0.1, 0.15) is 0 Å². The third kappa shape index (κ3) is 4.20. The molecule has 1 heterocycles. The predicted octanol–water partition coefficient (Wildman–Crippen LogP) is 1.08. The quantitative estimate of drug-likeness (QED) is 0.825. The summed E-state index contributed by atoms with van der Waals surface area (Å²) in [4.78, 5) is 12.2. The van der Waals surface area contributed by atoms with E-state index in [4.69, 9.17) is 5.11 Å². The normalized spacial score (nSPS) is 9.81. The number of nitrogens with one attached hydrogen (secondary N) is 1. The van der Waals surface area contributed by atoms with Crippen LogP contribution in [0, 0.1) is 11.8 Å². The zero-order valence-electron chi connectivity index (χ0n) is 11.8. The van der Waals surface area contributed by atoms with Crippen molar-refractivity contribution in [2.24, 2.45) is 7.05 Å². The van der Waals surface area contributed by atoms with Crippen LogP contribution >= 0.6 is 0 Å². The number of aliphatic hydroxyl groups is 1. The van der Waals surface area contributed by atoms with Crippen LogP contribution in [0.25, 0.3) is 0 Å². The molecule has 1 aromatic carbocycles. The van der Waals surface area contributed by atoms with Crippen LogP contribution in [0.1, 0.15) is 27.9 Å². The van der Waals surface area contributed by atoms with E-state index in [1.807, 2.05) is 19.3 Å². The number of benzene rings is 1. The zero-order chi connectivity index (χ0) is 15.1. The van der Waals surface area contributed by atoms with Gasteiger partial charge in [-0.1, -0.05) is 24.0 Å². The van der Waals surface area contributed by atoms with Gasteiger partial charge in [0.25, 0.3) is 5.91 Å². The number of nitrogens with zero attached hydrogens (tertiary/aromatic N) is 2. The van der Waals surface area contributed by atoms with Crippen LogP contribution in [0.5, 0.6) is 0 Å². The number of carbonyl (C=O) groups is 1. The number of amides is 1. The lowest BCUT2D eigenvalue weighted by Gasteiger charge is -2.05. The van der Waals surface area contributed by atoms with E-state index in [9.17, 15) is 4.79 Å². The predicted molar refractivity (Wildman–Crippen MR) is 79.4 cm³/mol. The maximum Gasteiger partial charge on any atom is 0.252 e. The maximum absolute atomic E-state index is 12.2. The van der Waals surface area contributed by atoms with Gasteiger partial charge >= 0.3 is 0 Å². The van der Waals surface area contributed by atoms with Gasteiger partial charge in [-0.3, -0.25) is 9.48 Å². The van der Waals surface area contributed by atoms with Gasteiger partial charge in [-0.15, -0.1) is 0 Å². The smallest absolute Gasteiger partial charge is 0.252 e. The molecule has 0 aliphatic rings. The molecule has 0 bridgehead atoms. The average Bonchev–Trinajstić information content (AvgIpc) is 2.91. The molecule has 1 amide bonds. The summed E-state index contributed by atoms with van der Waals surface area (Å²) in [6, 6.07) is 7.17. The second-order valence-corrected chi connectivity index (χ2v) is 4.53. The zero-order valence-corrected chi connectivity index (χ0v) is 11.8. The molecule has 0 saturated heterocycles. The van der Waals surface area contributed by atoms with E-state index in [2.05, 4.69) is 22.3 Å². The second kappa shape index (κ2) is 7.27. The molecule has 0 aliphatic carbocycles. The molecule has 0 spiro atoms. The number of hydrogen-bond acceptors (Lipinski definition) is 3. The summed E-state index contributed by atoms with van der Waals surface area (Å²) in [5, 5.41) is 15.6. The number of aliphatic hydroxyl groups excluding tert-OH is 1. The molecule has 21 heavy (non-hydrogen) atoms. The Hall–Kier alpha value is -2.58. The van der Waals surface area contributed by atoms with Crippen molar-refractivity contribution in [1.82, 2.24) is 15.1 Å². The molecule has 0 radical (unpaired) electrons. The van der Waals surface area contributed by atoms with Crippen LogP contribution in [-0.4, -0.2) is 27.4 Å². The van der Waals surface area contributed by atoms with Crippen molar-refractivity contribution in [3.8, 4) is 11.8 Å². The largest absolute Gasteiger partial charge is 0.395 e. The molecule has 1 aromatic heterocycles. The van der Waals surface area contributed by atoms with E-state index in [-0.39, 0.29) is 12.5 Å². The Morgan fingerprint density at radius 2 is 2.24 bits per heavy atom. The van der Waals surface area contributed by atoms with Gasteiger partial charge in [0.15, 0.2) is 0 Å². The first-order valence-electron chi connectivity index (χ1n) is 6.65. The monoisotopic (exact) mass is 283 g/mol. The Morgan fingerprint density at radius 3 is 2.95 bits per heavy atom. The summed E-state index contributed by atoms with van der Waals surface area (Å²) < 4.78 is 1.69. The van der Waals surface area contributed by atoms with Crippen LogP contribution in [0.15, 0.2) is 36.7 Å². The fourth-order valence-electron chi connectivity index (χ4n) is 1.84. The van der Waals surface area contributed by atoms with E-state index in [0.717, 1.165) is 5.56 Å². The highest BCUT2D eigenvalue weighted by atomic mass is 16.2. The molecule has 5 nitrogen and oxygen atoms in total. The molecule has 2 N–H and O–H groups in total. The van der Waals surface area contributed by atoms with Gasteiger partial charge in [-0.2, -0.15) is 5.10 Å². The van der Waals surface area contributed by atoms with Crippen molar-refractivity contribution < 1.29 is 9.90 Å². The molecule has 2 aromatic rings. The summed E-state index contributed by atoms with van der Waals surface area (Å²) >= 11 is 0. The Bertz CT molecular complexity index is 680. The van der Waals surface area contributed by atoms with Gasteiger partial charge < -0.3 is 10.4 Å².